The number of ether oxygens (including phenoxy) is 3. The third kappa shape index (κ3) is 6.02. The highest BCUT2D eigenvalue weighted by Crippen LogP contribution is 2.30. The minimum atomic E-state index is -0.713. The minimum absolute atomic E-state index is 0.0224. The van der Waals surface area contributed by atoms with E-state index in [1.165, 1.54) is 31.4 Å². The van der Waals surface area contributed by atoms with Gasteiger partial charge in [-0.25, -0.2) is 9.69 Å². The molecule has 34 heavy (non-hydrogen) atoms. The number of hydrogen-bond acceptors (Lipinski definition) is 9. The summed E-state index contributed by atoms with van der Waals surface area (Å²) in [4.78, 5) is 62.1. The van der Waals surface area contributed by atoms with Gasteiger partial charge in [0.2, 0.25) is 11.8 Å². The molecule has 178 valence electrons. The Labute approximate surface area is 200 Å². The minimum Gasteiger partial charge on any atom is -0.497 e. The van der Waals surface area contributed by atoms with E-state index in [1.54, 1.807) is 31.2 Å². The van der Waals surface area contributed by atoms with E-state index in [0.29, 0.717) is 17.0 Å². The first-order valence-electron chi connectivity index (χ1n) is 10.4. The van der Waals surface area contributed by atoms with Crippen molar-refractivity contribution in [3.05, 3.63) is 59.7 Å². The van der Waals surface area contributed by atoms with Crippen molar-refractivity contribution < 1.29 is 38.2 Å². The van der Waals surface area contributed by atoms with Gasteiger partial charge in [0.15, 0.2) is 12.4 Å². The number of carbonyl (C=O) groups is 5. The van der Waals surface area contributed by atoms with Gasteiger partial charge in [0, 0.05) is 12.0 Å². The standard InChI is InChI=1S/C24H23NO8S/c1-3-32-22(28)14-34-20-12-21(27)25(23(20)29)17-8-4-16(5-9-17)24(30)33-13-19(26)15-6-10-18(31-2)11-7-15/h4-11,20H,3,12-14H2,1-2H3. The van der Waals surface area contributed by atoms with Crippen LogP contribution in [0.1, 0.15) is 34.1 Å². The van der Waals surface area contributed by atoms with E-state index in [1.807, 2.05) is 0 Å². The molecule has 1 unspecified atom stereocenters. The SMILES string of the molecule is CCOC(=O)CSC1CC(=O)N(c2ccc(C(=O)OCC(=O)c3ccc(OC)cc3)cc2)C1=O. The lowest BCUT2D eigenvalue weighted by Gasteiger charge is -2.15. The topological polar surface area (TPSA) is 116 Å². The Kier molecular flexibility index (Phi) is 8.42. The van der Waals surface area contributed by atoms with E-state index in [4.69, 9.17) is 14.2 Å². The van der Waals surface area contributed by atoms with Crippen LogP contribution in [0.15, 0.2) is 48.5 Å². The van der Waals surface area contributed by atoms with Gasteiger partial charge in [-0.1, -0.05) is 0 Å². The Balaban J connectivity index is 1.56. The molecule has 10 heteroatoms. The lowest BCUT2D eigenvalue weighted by atomic mass is 10.1. The zero-order chi connectivity index (χ0) is 24.7. The summed E-state index contributed by atoms with van der Waals surface area (Å²) in [7, 11) is 1.52. The molecular formula is C24H23NO8S. The summed E-state index contributed by atoms with van der Waals surface area (Å²) in [5, 5.41) is -0.675. The normalized spacial score (nSPS) is 15.2. The predicted octanol–water partition coefficient (Wildman–Crippen LogP) is 2.66. The molecule has 1 aliphatic heterocycles. The number of nitrogens with zero attached hydrogens (tertiary/aromatic N) is 1. The third-order valence-corrected chi connectivity index (χ3v) is 6.09. The van der Waals surface area contributed by atoms with E-state index in [0.717, 1.165) is 16.7 Å². The van der Waals surface area contributed by atoms with Gasteiger partial charge in [0.25, 0.3) is 0 Å². The average Bonchev–Trinajstić information content (AvgIpc) is 3.14. The van der Waals surface area contributed by atoms with E-state index >= 15 is 0 Å². The molecule has 2 aromatic rings. The third-order valence-electron chi connectivity index (χ3n) is 4.92. The summed E-state index contributed by atoms with van der Waals surface area (Å²) in [5.41, 5.74) is 0.851. The first-order valence-corrected chi connectivity index (χ1v) is 11.5. The number of Topliss-reactive ketones (excluding diaryl/α,β-unsaturated/α-hetero) is 1. The van der Waals surface area contributed by atoms with Gasteiger partial charge < -0.3 is 14.2 Å². The highest BCUT2D eigenvalue weighted by Gasteiger charge is 2.40. The number of amides is 2. The van der Waals surface area contributed by atoms with Gasteiger partial charge in [-0.05, 0) is 55.5 Å². The van der Waals surface area contributed by atoms with Crippen molar-refractivity contribution in [2.45, 2.75) is 18.6 Å². The molecule has 1 saturated heterocycles. The Bertz CT molecular complexity index is 1080. The number of rotatable bonds is 10. The van der Waals surface area contributed by atoms with Crippen molar-refractivity contribution in [3.63, 3.8) is 0 Å². The zero-order valence-corrected chi connectivity index (χ0v) is 19.5. The van der Waals surface area contributed by atoms with Crippen molar-refractivity contribution in [1.29, 1.82) is 0 Å². The number of ketones is 1. The summed E-state index contributed by atoms with van der Waals surface area (Å²) in [6.45, 7) is 1.50. The van der Waals surface area contributed by atoms with Crippen molar-refractivity contribution in [3.8, 4) is 5.75 Å². The maximum Gasteiger partial charge on any atom is 0.338 e. The predicted molar refractivity (Wildman–Crippen MR) is 124 cm³/mol. The summed E-state index contributed by atoms with van der Waals surface area (Å²) in [5.74, 6) is -1.77. The van der Waals surface area contributed by atoms with Gasteiger partial charge in [-0.3, -0.25) is 19.2 Å². The van der Waals surface area contributed by atoms with E-state index in [9.17, 15) is 24.0 Å². The van der Waals surface area contributed by atoms with Crippen LogP contribution in [0.3, 0.4) is 0 Å². The Hall–Kier alpha value is -3.66. The van der Waals surface area contributed by atoms with Crippen molar-refractivity contribution in [2.75, 3.05) is 31.0 Å². The Morgan fingerprint density at radius 3 is 2.24 bits per heavy atom. The number of thioether (sulfide) groups is 1. The molecule has 1 aliphatic rings. The number of hydrogen-bond donors (Lipinski definition) is 0. The quantitative estimate of drug-likeness (QED) is 0.284. The molecule has 0 bridgehead atoms. The number of benzene rings is 2. The molecule has 2 amide bonds. The van der Waals surface area contributed by atoms with E-state index in [-0.39, 0.29) is 30.1 Å². The van der Waals surface area contributed by atoms with Crippen LogP contribution < -0.4 is 9.64 Å². The number of methoxy groups -OCH3 is 1. The van der Waals surface area contributed by atoms with Crippen LogP contribution >= 0.6 is 11.8 Å². The lowest BCUT2D eigenvalue weighted by Crippen LogP contribution is -2.31. The zero-order valence-electron chi connectivity index (χ0n) is 18.6. The highest BCUT2D eigenvalue weighted by molar-refractivity contribution is 8.01. The highest BCUT2D eigenvalue weighted by atomic mass is 32.2. The monoisotopic (exact) mass is 485 g/mol. The molecule has 0 spiro atoms. The lowest BCUT2D eigenvalue weighted by molar-refractivity contribution is -0.139. The molecule has 0 radical (unpaired) electrons. The van der Waals surface area contributed by atoms with Crippen LogP contribution in [-0.2, 0) is 23.9 Å². The maximum atomic E-state index is 12.7. The van der Waals surface area contributed by atoms with Gasteiger partial charge in [0.05, 0.1) is 36.0 Å². The molecule has 0 N–H and O–H groups in total. The fourth-order valence-electron chi connectivity index (χ4n) is 3.20. The van der Waals surface area contributed by atoms with Gasteiger partial charge in [0.1, 0.15) is 5.75 Å². The van der Waals surface area contributed by atoms with E-state index in [2.05, 4.69) is 0 Å². The molecule has 3 rings (SSSR count). The Morgan fingerprint density at radius 2 is 1.62 bits per heavy atom. The van der Waals surface area contributed by atoms with Gasteiger partial charge in [-0.2, -0.15) is 0 Å². The van der Waals surface area contributed by atoms with Crippen LogP contribution in [0.2, 0.25) is 0 Å². The molecule has 0 aromatic heterocycles. The van der Waals surface area contributed by atoms with Crippen LogP contribution in [0, 0.1) is 0 Å². The summed E-state index contributed by atoms with van der Waals surface area (Å²) < 4.78 is 15.0. The average molecular weight is 486 g/mol. The fraction of sp³-hybridized carbons (Fsp3) is 0.292. The molecule has 1 atom stereocenters. The number of carbonyl (C=O) groups excluding carboxylic acids is 5. The van der Waals surface area contributed by atoms with Crippen molar-refractivity contribution in [1.82, 2.24) is 0 Å². The molecule has 1 heterocycles. The van der Waals surface area contributed by atoms with Crippen LogP contribution in [0.5, 0.6) is 5.75 Å². The second-order valence-electron chi connectivity index (χ2n) is 7.15. The maximum absolute atomic E-state index is 12.7. The van der Waals surface area contributed by atoms with Crippen LogP contribution in [0.4, 0.5) is 5.69 Å². The number of anilines is 1. The first-order chi connectivity index (χ1) is 16.3. The largest absolute Gasteiger partial charge is 0.497 e. The van der Waals surface area contributed by atoms with Crippen LogP contribution in [0.25, 0.3) is 0 Å². The number of imide groups is 1. The molecule has 0 aliphatic carbocycles. The molecule has 9 nitrogen and oxygen atoms in total. The van der Waals surface area contributed by atoms with Crippen LogP contribution in [-0.4, -0.2) is 60.9 Å². The van der Waals surface area contributed by atoms with Gasteiger partial charge in [-0.15, -0.1) is 11.8 Å². The molecular weight excluding hydrogens is 462 g/mol. The summed E-state index contributed by atoms with van der Waals surface area (Å²) >= 11 is 1.06. The second kappa shape index (κ2) is 11.5. The second-order valence-corrected chi connectivity index (χ2v) is 8.34. The van der Waals surface area contributed by atoms with E-state index < -0.39 is 35.6 Å². The molecule has 2 aromatic carbocycles. The van der Waals surface area contributed by atoms with Gasteiger partial charge >= 0.3 is 11.9 Å². The van der Waals surface area contributed by atoms with Crippen molar-refractivity contribution >= 4 is 47.0 Å². The summed E-state index contributed by atoms with van der Waals surface area (Å²) in [6.07, 6.45) is -0.0276. The van der Waals surface area contributed by atoms with Crippen molar-refractivity contribution in [2.24, 2.45) is 0 Å². The molecule has 1 fully saturated rings. The smallest absolute Gasteiger partial charge is 0.338 e. The molecule has 0 saturated carbocycles. The summed E-state index contributed by atoms with van der Waals surface area (Å²) in [6, 6.07) is 12.2. The number of esters is 2. The Morgan fingerprint density at radius 1 is 0.971 bits per heavy atom. The fourth-order valence-corrected chi connectivity index (χ4v) is 4.13. The first kappa shape index (κ1) is 25.0.